The summed E-state index contributed by atoms with van der Waals surface area (Å²) in [4.78, 5) is 17.4. The van der Waals surface area contributed by atoms with E-state index in [2.05, 4.69) is 10.3 Å². The van der Waals surface area contributed by atoms with Crippen LogP contribution < -0.4 is 5.32 Å². The third-order valence-electron chi connectivity index (χ3n) is 5.84. The Hall–Kier alpha value is -3.12. The van der Waals surface area contributed by atoms with Gasteiger partial charge < -0.3 is 10.1 Å². The highest BCUT2D eigenvalue weighted by Gasteiger charge is 2.40. The minimum Gasteiger partial charge on any atom is -0.381 e. The van der Waals surface area contributed by atoms with Gasteiger partial charge >= 0.3 is 0 Å². The summed E-state index contributed by atoms with van der Waals surface area (Å²) in [5.74, 6) is -1.73. The van der Waals surface area contributed by atoms with E-state index in [4.69, 9.17) is 4.74 Å². The van der Waals surface area contributed by atoms with Gasteiger partial charge in [0, 0.05) is 19.4 Å². The molecule has 0 spiro atoms. The summed E-state index contributed by atoms with van der Waals surface area (Å²) in [6.07, 6.45) is 3.58. The lowest BCUT2D eigenvalue weighted by Gasteiger charge is -2.36. The number of nitrogens with one attached hydrogen (secondary N) is 1. The van der Waals surface area contributed by atoms with Crippen molar-refractivity contribution < 1.29 is 18.3 Å². The Morgan fingerprint density at radius 3 is 2.39 bits per heavy atom. The van der Waals surface area contributed by atoms with Crippen LogP contribution in [0.15, 0.2) is 66.9 Å². The predicted molar refractivity (Wildman–Crippen MR) is 114 cm³/mol. The van der Waals surface area contributed by atoms with Gasteiger partial charge in [-0.1, -0.05) is 36.4 Å². The number of hydrogen-bond donors (Lipinski definition) is 1. The Balaban J connectivity index is 1.49. The lowest BCUT2D eigenvalue weighted by atomic mass is 9.74. The Labute approximate surface area is 180 Å². The summed E-state index contributed by atoms with van der Waals surface area (Å²) in [5.41, 5.74) is 2.69. The Morgan fingerprint density at radius 2 is 1.71 bits per heavy atom. The molecule has 1 aliphatic heterocycles. The topological polar surface area (TPSA) is 51.2 Å². The third-order valence-corrected chi connectivity index (χ3v) is 5.84. The molecule has 1 amide bonds. The van der Waals surface area contributed by atoms with Gasteiger partial charge in [0.25, 0.3) is 0 Å². The number of ether oxygens (including phenoxy) is 1. The van der Waals surface area contributed by atoms with E-state index in [1.165, 1.54) is 6.07 Å². The van der Waals surface area contributed by atoms with Crippen LogP contribution in [-0.4, -0.2) is 24.1 Å². The molecule has 1 aliphatic rings. The van der Waals surface area contributed by atoms with Crippen molar-refractivity contribution in [3.05, 3.63) is 89.8 Å². The molecule has 31 heavy (non-hydrogen) atoms. The van der Waals surface area contributed by atoms with E-state index in [-0.39, 0.29) is 5.91 Å². The molecular weight excluding hydrogens is 398 g/mol. The fourth-order valence-electron chi connectivity index (χ4n) is 3.99. The van der Waals surface area contributed by atoms with Gasteiger partial charge in [0.05, 0.1) is 17.7 Å². The normalized spacial score (nSPS) is 15.4. The number of carbonyl (C=O) groups is 1. The van der Waals surface area contributed by atoms with Crippen LogP contribution in [0.4, 0.5) is 8.78 Å². The van der Waals surface area contributed by atoms with Crippen LogP contribution in [0.1, 0.15) is 24.1 Å². The number of hydrogen-bond acceptors (Lipinski definition) is 3. The highest BCUT2D eigenvalue weighted by atomic mass is 19.2. The zero-order valence-electron chi connectivity index (χ0n) is 17.1. The van der Waals surface area contributed by atoms with Crippen molar-refractivity contribution >= 4 is 5.91 Å². The molecule has 0 unspecified atom stereocenters. The van der Waals surface area contributed by atoms with E-state index in [0.717, 1.165) is 22.9 Å². The maximum Gasteiger partial charge on any atom is 0.227 e. The van der Waals surface area contributed by atoms with Crippen molar-refractivity contribution in [2.24, 2.45) is 5.41 Å². The summed E-state index contributed by atoms with van der Waals surface area (Å²) in [5, 5.41) is 3.04. The van der Waals surface area contributed by atoms with E-state index < -0.39 is 17.0 Å². The molecule has 1 fully saturated rings. The van der Waals surface area contributed by atoms with Gasteiger partial charge in [-0.3, -0.25) is 9.78 Å². The molecule has 0 bridgehead atoms. The van der Waals surface area contributed by atoms with Crippen LogP contribution >= 0.6 is 0 Å². The molecule has 6 heteroatoms. The van der Waals surface area contributed by atoms with E-state index in [9.17, 15) is 13.6 Å². The Morgan fingerprint density at radius 1 is 0.968 bits per heavy atom. The number of rotatable bonds is 6. The Bertz CT molecular complexity index is 1030. The lowest BCUT2D eigenvalue weighted by molar-refractivity contribution is -0.136. The molecule has 0 aliphatic carbocycles. The number of amides is 1. The number of benzene rings is 2. The molecule has 160 valence electrons. The second-order valence-electron chi connectivity index (χ2n) is 7.90. The van der Waals surface area contributed by atoms with Gasteiger partial charge in [0.2, 0.25) is 5.91 Å². The number of halogens is 2. The van der Waals surface area contributed by atoms with Gasteiger partial charge in [0.15, 0.2) is 11.6 Å². The van der Waals surface area contributed by atoms with E-state index in [0.29, 0.717) is 44.6 Å². The van der Waals surface area contributed by atoms with Crippen molar-refractivity contribution in [3.8, 4) is 11.1 Å². The molecule has 3 aromatic rings. The van der Waals surface area contributed by atoms with Crippen LogP contribution in [-0.2, 0) is 22.5 Å². The Kier molecular flexibility index (Phi) is 6.37. The van der Waals surface area contributed by atoms with Crippen LogP contribution in [0, 0.1) is 17.0 Å². The molecule has 0 radical (unpaired) electrons. The fraction of sp³-hybridized carbons (Fsp3) is 0.280. The maximum absolute atomic E-state index is 13.6. The standard InChI is InChI=1S/C25H24F2N2O2/c26-22-9-8-20(15-23(22)27)19-6-4-18(5-7-19)16-25(10-13-31-14-11-25)24(30)29-17-21-3-1-2-12-28-21/h1-9,12,15H,10-11,13-14,16-17H2,(H,29,30). The largest absolute Gasteiger partial charge is 0.381 e. The van der Waals surface area contributed by atoms with Crippen molar-refractivity contribution in [3.63, 3.8) is 0 Å². The quantitative estimate of drug-likeness (QED) is 0.627. The number of aromatic nitrogens is 1. The van der Waals surface area contributed by atoms with Crippen LogP contribution in [0.2, 0.25) is 0 Å². The molecule has 1 N–H and O–H groups in total. The number of pyridine rings is 1. The van der Waals surface area contributed by atoms with Crippen molar-refractivity contribution in [2.45, 2.75) is 25.8 Å². The van der Waals surface area contributed by atoms with Crippen LogP contribution in [0.5, 0.6) is 0 Å². The number of nitrogens with zero attached hydrogens (tertiary/aromatic N) is 1. The fourth-order valence-corrected chi connectivity index (χ4v) is 3.99. The highest BCUT2D eigenvalue weighted by molar-refractivity contribution is 5.83. The van der Waals surface area contributed by atoms with Crippen molar-refractivity contribution in [2.75, 3.05) is 13.2 Å². The molecule has 2 aromatic carbocycles. The first-order valence-corrected chi connectivity index (χ1v) is 10.4. The van der Waals surface area contributed by atoms with Gasteiger partial charge in [0.1, 0.15) is 0 Å². The van der Waals surface area contributed by atoms with Crippen LogP contribution in [0.3, 0.4) is 0 Å². The monoisotopic (exact) mass is 422 g/mol. The summed E-state index contributed by atoms with van der Waals surface area (Å²) < 4.78 is 32.3. The third kappa shape index (κ3) is 4.97. The molecule has 1 saturated heterocycles. The van der Waals surface area contributed by atoms with E-state index in [1.54, 1.807) is 12.3 Å². The molecular formula is C25H24F2N2O2. The number of carbonyl (C=O) groups excluding carboxylic acids is 1. The predicted octanol–water partition coefficient (Wildman–Crippen LogP) is 4.68. The van der Waals surface area contributed by atoms with Crippen LogP contribution in [0.25, 0.3) is 11.1 Å². The first-order valence-electron chi connectivity index (χ1n) is 10.4. The first kappa shape index (κ1) is 21.1. The average molecular weight is 422 g/mol. The first-order chi connectivity index (χ1) is 15.1. The van der Waals surface area contributed by atoms with E-state index in [1.807, 2.05) is 42.5 Å². The molecule has 4 nitrogen and oxygen atoms in total. The summed E-state index contributed by atoms with van der Waals surface area (Å²) in [6, 6.07) is 17.1. The second kappa shape index (κ2) is 9.35. The van der Waals surface area contributed by atoms with Crippen molar-refractivity contribution in [1.29, 1.82) is 0 Å². The van der Waals surface area contributed by atoms with Gasteiger partial charge in [-0.05, 0) is 60.2 Å². The average Bonchev–Trinajstić information content (AvgIpc) is 2.81. The van der Waals surface area contributed by atoms with Gasteiger partial charge in [-0.2, -0.15) is 0 Å². The zero-order valence-corrected chi connectivity index (χ0v) is 17.1. The highest BCUT2D eigenvalue weighted by Crippen LogP contribution is 2.35. The molecule has 0 atom stereocenters. The van der Waals surface area contributed by atoms with E-state index >= 15 is 0 Å². The second-order valence-corrected chi connectivity index (χ2v) is 7.90. The maximum atomic E-state index is 13.6. The molecule has 0 saturated carbocycles. The molecule has 1 aromatic heterocycles. The van der Waals surface area contributed by atoms with Gasteiger partial charge in [-0.15, -0.1) is 0 Å². The summed E-state index contributed by atoms with van der Waals surface area (Å²) >= 11 is 0. The minimum absolute atomic E-state index is 0.00568. The van der Waals surface area contributed by atoms with Gasteiger partial charge in [-0.25, -0.2) is 8.78 Å². The smallest absolute Gasteiger partial charge is 0.227 e. The SMILES string of the molecule is O=C(NCc1ccccn1)C1(Cc2ccc(-c3ccc(F)c(F)c3)cc2)CCOCC1. The summed E-state index contributed by atoms with van der Waals surface area (Å²) in [7, 11) is 0. The lowest BCUT2D eigenvalue weighted by Crippen LogP contribution is -2.46. The molecule has 4 rings (SSSR count). The van der Waals surface area contributed by atoms with Crippen molar-refractivity contribution in [1.82, 2.24) is 10.3 Å². The summed E-state index contributed by atoms with van der Waals surface area (Å²) in [6.45, 7) is 1.48. The molecule has 2 heterocycles. The minimum atomic E-state index is -0.868. The zero-order chi connectivity index (χ0) is 21.7.